The van der Waals surface area contributed by atoms with Crippen molar-refractivity contribution in [1.29, 1.82) is 0 Å². The first-order valence-electron chi connectivity index (χ1n) is 14.2. The zero-order valence-electron chi connectivity index (χ0n) is 23.1. The van der Waals surface area contributed by atoms with E-state index in [1.165, 1.54) is 50.5 Å². The fourth-order valence-corrected chi connectivity index (χ4v) is 10.3. The van der Waals surface area contributed by atoms with Crippen molar-refractivity contribution in [3.05, 3.63) is 12.2 Å². The maximum atomic E-state index is 11.9. The highest BCUT2D eigenvalue weighted by atomic mass is 16.3. The van der Waals surface area contributed by atoms with Crippen molar-refractivity contribution in [2.75, 3.05) is 0 Å². The molecule has 2 N–H and O–H groups in total. The van der Waals surface area contributed by atoms with Crippen LogP contribution in [-0.2, 0) is 0 Å². The summed E-state index contributed by atoms with van der Waals surface area (Å²) in [6, 6.07) is 0. The van der Waals surface area contributed by atoms with Crippen LogP contribution in [0.15, 0.2) is 12.2 Å². The Kier molecular flexibility index (Phi) is 6.31. The Balaban J connectivity index is 1.60. The van der Waals surface area contributed by atoms with Gasteiger partial charge < -0.3 is 10.2 Å². The number of hydrogen-bond donors (Lipinski definition) is 2. The molecule has 33 heavy (non-hydrogen) atoms. The highest BCUT2D eigenvalue weighted by Gasteiger charge is 2.69. The molecule has 0 unspecified atom stereocenters. The minimum absolute atomic E-state index is 0.0421. The molecule has 0 amide bonds. The summed E-state index contributed by atoms with van der Waals surface area (Å²) in [5, 5.41) is 22.7. The highest BCUT2D eigenvalue weighted by molar-refractivity contribution is 5.18. The van der Waals surface area contributed by atoms with E-state index in [0.717, 1.165) is 31.1 Å². The zero-order valence-corrected chi connectivity index (χ0v) is 23.1. The second-order valence-electron chi connectivity index (χ2n) is 14.8. The summed E-state index contributed by atoms with van der Waals surface area (Å²) < 4.78 is 0. The van der Waals surface area contributed by atoms with E-state index in [-0.39, 0.29) is 16.9 Å². The molecule has 4 aliphatic rings. The Morgan fingerprint density at radius 2 is 1.58 bits per heavy atom. The van der Waals surface area contributed by atoms with Crippen LogP contribution in [0.3, 0.4) is 0 Å². The van der Waals surface area contributed by atoms with E-state index in [4.69, 9.17) is 0 Å². The van der Waals surface area contributed by atoms with Crippen LogP contribution in [0.5, 0.6) is 0 Å². The summed E-state index contributed by atoms with van der Waals surface area (Å²) in [5.41, 5.74) is 1.57. The molecule has 0 bridgehead atoms. The van der Waals surface area contributed by atoms with Crippen LogP contribution < -0.4 is 0 Å². The van der Waals surface area contributed by atoms with Gasteiger partial charge in [-0.05, 0) is 129 Å². The van der Waals surface area contributed by atoms with Crippen molar-refractivity contribution in [3.8, 4) is 0 Å². The van der Waals surface area contributed by atoms with E-state index in [1.807, 2.05) is 0 Å². The van der Waals surface area contributed by atoms with Gasteiger partial charge in [0.25, 0.3) is 0 Å². The van der Waals surface area contributed by atoms with E-state index in [1.54, 1.807) is 0 Å². The lowest BCUT2D eigenvalue weighted by atomic mass is 9.37. The summed E-state index contributed by atoms with van der Waals surface area (Å²) in [4.78, 5) is 0. The molecular formula is C31H54O2. The van der Waals surface area contributed by atoms with Gasteiger partial charge in [0, 0.05) is 0 Å². The largest absolute Gasteiger partial charge is 0.393 e. The number of rotatable bonds is 5. The lowest BCUT2D eigenvalue weighted by molar-refractivity contribution is -0.211. The van der Waals surface area contributed by atoms with Crippen LogP contribution >= 0.6 is 0 Å². The van der Waals surface area contributed by atoms with E-state index < -0.39 is 5.60 Å². The van der Waals surface area contributed by atoms with Crippen molar-refractivity contribution in [3.63, 3.8) is 0 Å². The van der Waals surface area contributed by atoms with Gasteiger partial charge in [0.05, 0.1) is 11.7 Å². The first-order valence-corrected chi connectivity index (χ1v) is 14.2. The van der Waals surface area contributed by atoms with Gasteiger partial charge in [-0.1, -0.05) is 53.7 Å². The van der Waals surface area contributed by atoms with E-state index in [9.17, 15) is 10.2 Å². The third-order valence-corrected chi connectivity index (χ3v) is 13.1. The normalized spacial score (nSPS) is 49.3. The number of fused-ring (bicyclic) bond motifs is 5. The van der Waals surface area contributed by atoms with Crippen molar-refractivity contribution >= 4 is 0 Å². The number of aliphatic hydroxyl groups is 2. The molecule has 4 aliphatic carbocycles. The summed E-state index contributed by atoms with van der Waals surface area (Å²) in [6.45, 7) is 23.1. The first kappa shape index (κ1) is 25.7. The van der Waals surface area contributed by atoms with Crippen molar-refractivity contribution < 1.29 is 10.2 Å². The highest BCUT2D eigenvalue weighted by Crippen LogP contribution is 2.76. The SMILES string of the molecule is C=C(C)[C@@H](C)CC[C@](C)(O)[C@H]1CC[C@]2(C)[C@H]3CC[C@@H]4[C@H](CC[C@H](O)C4(C)C)[C@]3(C)CC[C@@]12C. The van der Waals surface area contributed by atoms with Crippen LogP contribution in [0.4, 0.5) is 0 Å². The van der Waals surface area contributed by atoms with E-state index in [0.29, 0.717) is 28.6 Å². The smallest absolute Gasteiger partial charge is 0.0653 e. The summed E-state index contributed by atoms with van der Waals surface area (Å²) in [7, 11) is 0. The summed E-state index contributed by atoms with van der Waals surface area (Å²) in [6.07, 6.45) is 11.5. The second kappa shape index (κ2) is 8.09. The van der Waals surface area contributed by atoms with Gasteiger partial charge in [-0.3, -0.25) is 0 Å². The monoisotopic (exact) mass is 458 g/mol. The molecule has 0 radical (unpaired) electrons. The fourth-order valence-electron chi connectivity index (χ4n) is 10.3. The predicted octanol–water partition coefficient (Wildman–Crippen LogP) is 7.78. The molecule has 0 aromatic carbocycles. The average molecular weight is 459 g/mol. The van der Waals surface area contributed by atoms with E-state index in [2.05, 4.69) is 62.0 Å². The molecule has 0 heterocycles. The van der Waals surface area contributed by atoms with Gasteiger partial charge in [0.15, 0.2) is 0 Å². The number of allylic oxidation sites excluding steroid dienone is 1. The molecule has 4 rings (SSSR count). The molecule has 10 atom stereocenters. The molecule has 4 saturated carbocycles. The predicted molar refractivity (Wildman–Crippen MR) is 139 cm³/mol. The second-order valence-corrected chi connectivity index (χ2v) is 14.8. The molecular weight excluding hydrogens is 404 g/mol. The van der Waals surface area contributed by atoms with E-state index >= 15 is 0 Å². The van der Waals surface area contributed by atoms with Crippen molar-refractivity contribution in [1.82, 2.24) is 0 Å². The van der Waals surface area contributed by atoms with Crippen LogP contribution in [0.1, 0.15) is 120 Å². The maximum Gasteiger partial charge on any atom is 0.0653 e. The van der Waals surface area contributed by atoms with Gasteiger partial charge in [-0.15, -0.1) is 0 Å². The first-order chi connectivity index (χ1) is 15.1. The van der Waals surface area contributed by atoms with Gasteiger partial charge >= 0.3 is 0 Å². The Labute approximate surface area is 205 Å². The minimum Gasteiger partial charge on any atom is -0.393 e. The lowest BCUT2D eigenvalue weighted by Gasteiger charge is -2.68. The third kappa shape index (κ3) is 3.62. The minimum atomic E-state index is -0.599. The molecule has 0 spiro atoms. The standard InChI is InChI=1S/C31H54O2/c1-20(2)21(3)14-17-31(9,33)25-15-16-29(7)24-12-10-22-23(11-13-26(32)27(22,4)5)28(24,6)18-19-30(25,29)8/h21-26,32-33H,1,10-19H2,2-9H3/t21-,22+,23-,24-,25-,26-,28-,29+,30-,31-/m0/s1. The Morgan fingerprint density at radius 1 is 0.939 bits per heavy atom. The van der Waals surface area contributed by atoms with Gasteiger partial charge in [0.1, 0.15) is 0 Å². The molecule has 0 aromatic heterocycles. The summed E-state index contributed by atoms with van der Waals surface area (Å²) >= 11 is 0. The Bertz CT molecular complexity index is 767. The number of aliphatic hydroxyl groups excluding tert-OH is 1. The molecule has 2 heteroatoms. The lowest BCUT2D eigenvalue weighted by Crippen LogP contribution is -2.62. The average Bonchev–Trinajstić information content (AvgIpc) is 3.01. The molecule has 0 aliphatic heterocycles. The molecule has 4 fully saturated rings. The van der Waals surface area contributed by atoms with Crippen LogP contribution in [0, 0.1) is 51.2 Å². The molecule has 0 aromatic rings. The number of hydrogen-bond acceptors (Lipinski definition) is 2. The molecule has 0 saturated heterocycles. The van der Waals surface area contributed by atoms with Crippen molar-refractivity contribution in [2.24, 2.45) is 51.2 Å². The van der Waals surface area contributed by atoms with Gasteiger partial charge in [0.2, 0.25) is 0 Å². The van der Waals surface area contributed by atoms with Crippen LogP contribution in [0.2, 0.25) is 0 Å². The molecule has 2 nitrogen and oxygen atoms in total. The third-order valence-electron chi connectivity index (χ3n) is 13.1. The van der Waals surface area contributed by atoms with Crippen LogP contribution in [0.25, 0.3) is 0 Å². The van der Waals surface area contributed by atoms with Gasteiger partial charge in [-0.25, -0.2) is 0 Å². The van der Waals surface area contributed by atoms with Gasteiger partial charge in [-0.2, -0.15) is 0 Å². The van der Waals surface area contributed by atoms with Crippen molar-refractivity contribution in [2.45, 2.75) is 131 Å². The van der Waals surface area contributed by atoms with Crippen LogP contribution in [-0.4, -0.2) is 21.9 Å². The quantitative estimate of drug-likeness (QED) is 0.413. The topological polar surface area (TPSA) is 40.5 Å². The zero-order chi connectivity index (χ0) is 24.6. The molecule has 190 valence electrons. The summed E-state index contributed by atoms with van der Waals surface area (Å²) in [5.74, 6) is 3.00. The maximum absolute atomic E-state index is 11.9. The fraction of sp³-hybridized carbons (Fsp3) is 0.935. The Hall–Kier alpha value is -0.340. The Morgan fingerprint density at radius 3 is 2.21 bits per heavy atom.